The Labute approximate surface area is 155 Å². The topological polar surface area (TPSA) is 52.6 Å². The predicted octanol–water partition coefficient (Wildman–Crippen LogP) is 3.91. The second-order valence-electron chi connectivity index (χ2n) is 7.40. The van der Waals surface area contributed by atoms with E-state index in [4.69, 9.17) is 5.11 Å². The molecule has 1 aliphatic heterocycles. The molecule has 2 N–H and O–H groups in total. The van der Waals surface area contributed by atoms with E-state index in [1.165, 1.54) is 37.1 Å². The highest BCUT2D eigenvalue weighted by Crippen LogP contribution is 2.18. The largest absolute Gasteiger partial charge is 0.478 e. The zero-order chi connectivity index (χ0) is 18.4. The molecular formula is C22H28N2O2. The van der Waals surface area contributed by atoms with Gasteiger partial charge in [0.2, 0.25) is 0 Å². The van der Waals surface area contributed by atoms with E-state index in [9.17, 15) is 4.79 Å². The molecule has 4 heteroatoms. The summed E-state index contributed by atoms with van der Waals surface area (Å²) >= 11 is 0. The van der Waals surface area contributed by atoms with Gasteiger partial charge in [0, 0.05) is 26.2 Å². The van der Waals surface area contributed by atoms with Crippen molar-refractivity contribution in [1.29, 1.82) is 0 Å². The Morgan fingerprint density at radius 1 is 1.04 bits per heavy atom. The van der Waals surface area contributed by atoms with E-state index in [-0.39, 0.29) is 0 Å². The van der Waals surface area contributed by atoms with Crippen LogP contribution in [0.25, 0.3) is 0 Å². The minimum absolute atomic E-state index is 0.326. The zero-order valence-corrected chi connectivity index (χ0v) is 15.4. The molecule has 1 atom stereocenters. The third kappa shape index (κ3) is 5.41. The third-order valence-electron chi connectivity index (χ3n) is 5.03. The molecule has 26 heavy (non-hydrogen) atoms. The summed E-state index contributed by atoms with van der Waals surface area (Å²) in [4.78, 5) is 13.4. The van der Waals surface area contributed by atoms with Crippen LogP contribution in [0, 0.1) is 5.92 Å². The van der Waals surface area contributed by atoms with Crippen molar-refractivity contribution in [2.45, 2.75) is 39.4 Å². The molecule has 2 aromatic rings. The van der Waals surface area contributed by atoms with E-state index in [1.54, 1.807) is 12.1 Å². The smallest absolute Gasteiger partial charge is 0.335 e. The molecule has 2 aromatic carbocycles. The van der Waals surface area contributed by atoms with Gasteiger partial charge >= 0.3 is 5.97 Å². The van der Waals surface area contributed by atoms with Gasteiger partial charge in [0.15, 0.2) is 0 Å². The van der Waals surface area contributed by atoms with Crippen LogP contribution in [0.5, 0.6) is 0 Å². The van der Waals surface area contributed by atoms with Crippen LogP contribution in [0.1, 0.15) is 46.8 Å². The molecular weight excluding hydrogens is 324 g/mol. The number of carbonyl (C=O) groups is 1. The SMILES string of the molecule is CC1CCCN(Cc2ccc(CNCc3ccc(C(=O)O)cc3)cc2)C1. The first kappa shape index (κ1) is 18.6. The summed E-state index contributed by atoms with van der Waals surface area (Å²) in [7, 11) is 0. The quantitative estimate of drug-likeness (QED) is 0.793. The van der Waals surface area contributed by atoms with E-state index in [1.807, 2.05) is 12.1 Å². The van der Waals surface area contributed by atoms with Gasteiger partial charge in [0.25, 0.3) is 0 Å². The molecule has 1 saturated heterocycles. The van der Waals surface area contributed by atoms with Gasteiger partial charge in [0.05, 0.1) is 5.56 Å². The van der Waals surface area contributed by atoms with E-state index < -0.39 is 5.97 Å². The van der Waals surface area contributed by atoms with Gasteiger partial charge in [-0.2, -0.15) is 0 Å². The minimum atomic E-state index is -0.886. The van der Waals surface area contributed by atoms with E-state index >= 15 is 0 Å². The summed E-state index contributed by atoms with van der Waals surface area (Å²) in [5.74, 6) is -0.0691. The Morgan fingerprint density at radius 2 is 1.62 bits per heavy atom. The van der Waals surface area contributed by atoms with Crippen molar-refractivity contribution in [2.24, 2.45) is 5.92 Å². The maximum absolute atomic E-state index is 10.9. The predicted molar refractivity (Wildman–Crippen MR) is 104 cm³/mol. The lowest BCUT2D eigenvalue weighted by Gasteiger charge is -2.30. The summed E-state index contributed by atoms with van der Waals surface area (Å²) in [5, 5.41) is 12.3. The molecule has 0 aromatic heterocycles. The second kappa shape index (κ2) is 8.97. The van der Waals surface area contributed by atoms with Crippen LogP contribution < -0.4 is 5.32 Å². The van der Waals surface area contributed by atoms with Crippen LogP contribution in [-0.2, 0) is 19.6 Å². The normalized spacial score (nSPS) is 18.0. The molecule has 0 aliphatic carbocycles. The summed E-state index contributed by atoms with van der Waals surface area (Å²) in [6, 6.07) is 15.9. The van der Waals surface area contributed by atoms with Crippen molar-refractivity contribution < 1.29 is 9.90 Å². The van der Waals surface area contributed by atoms with Crippen LogP contribution in [0.2, 0.25) is 0 Å². The van der Waals surface area contributed by atoms with Crippen LogP contribution in [-0.4, -0.2) is 29.1 Å². The monoisotopic (exact) mass is 352 g/mol. The van der Waals surface area contributed by atoms with Crippen LogP contribution >= 0.6 is 0 Å². The lowest BCUT2D eigenvalue weighted by molar-refractivity contribution is 0.0697. The van der Waals surface area contributed by atoms with E-state index in [0.29, 0.717) is 5.56 Å². The fourth-order valence-electron chi connectivity index (χ4n) is 3.57. The standard InChI is InChI=1S/C22H28N2O2/c1-17-3-2-12-24(15-17)16-20-6-4-18(5-7-20)13-23-14-19-8-10-21(11-9-19)22(25)26/h4-11,17,23H,2-3,12-16H2,1H3,(H,25,26). The Bertz CT molecular complexity index is 710. The number of likely N-dealkylation sites (tertiary alicyclic amines) is 1. The molecule has 1 heterocycles. The van der Waals surface area contributed by atoms with Gasteiger partial charge in [-0.1, -0.05) is 43.3 Å². The summed E-state index contributed by atoms with van der Waals surface area (Å²) in [5.41, 5.74) is 4.06. The molecule has 3 rings (SSSR count). The number of aromatic carboxylic acids is 1. The van der Waals surface area contributed by atoms with Gasteiger partial charge in [-0.15, -0.1) is 0 Å². The van der Waals surface area contributed by atoms with Gasteiger partial charge in [0.1, 0.15) is 0 Å². The van der Waals surface area contributed by atoms with Gasteiger partial charge in [-0.05, 0) is 54.1 Å². The average molecular weight is 352 g/mol. The van der Waals surface area contributed by atoms with Gasteiger partial charge < -0.3 is 10.4 Å². The highest BCUT2D eigenvalue weighted by Gasteiger charge is 2.16. The van der Waals surface area contributed by atoms with Crippen molar-refractivity contribution in [3.8, 4) is 0 Å². The Kier molecular flexibility index (Phi) is 6.42. The number of hydrogen-bond donors (Lipinski definition) is 2. The number of nitrogens with zero attached hydrogens (tertiary/aromatic N) is 1. The number of nitrogens with one attached hydrogen (secondary N) is 1. The third-order valence-corrected chi connectivity index (χ3v) is 5.03. The molecule has 1 unspecified atom stereocenters. The highest BCUT2D eigenvalue weighted by molar-refractivity contribution is 5.87. The zero-order valence-electron chi connectivity index (χ0n) is 15.4. The number of carboxylic acids is 1. The molecule has 138 valence electrons. The number of rotatable bonds is 7. The number of benzene rings is 2. The second-order valence-corrected chi connectivity index (χ2v) is 7.40. The summed E-state index contributed by atoms with van der Waals surface area (Å²) in [6.45, 7) is 7.36. The summed E-state index contributed by atoms with van der Waals surface area (Å²) in [6.07, 6.45) is 2.68. The first-order valence-electron chi connectivity index (χ1n) is 9.43. The lowest BCUT2D eigenvalue weighted by atomic mass is 9.99. The first-order chi connectivity index (χ1) is 12.6. The Morgan fingerprint density at radius 3 is 2.19 bits per heavy atom. The average Bonchev–Trinajstić information content (AvgIpc) is 2.64. The molecule has 0 amide bonds. The Hall–Kier alpha value is -2.17. The fraction of sp³-hybridized carbons (Fsp3) is 0.409. The van der Waals surface area contributed by atoms with Crippen LogP contribution in [0.4, 0.5) is 0 Å². The molecule has 1 aliphatic rings. The molecule has 0 radical (unpaired) electrons. The highest BCUT2D eigenvalue weighted by atomic mass is 16.4. The maximum Gasteiger partial charge on any atom is 0.335 e. The fourth-order valence-corrected chi connectivity index (χ4v) is 3.57. The molecule has 1 fully saturated rings. The van der Waals surface area contributed by atoms with Crippen molar-refractivity contribution in [2.75, 3.05) is 13.1 Å². The van der Waals surface area contributed by atoms with Gasteiger partial charge in [-0.25, -0.2) is 4.79 Å². The molecule has 0 bridgehead atoms. The van der Waals surface area contributed by atoms with Crippen molar-refractivity contribution in [3.05, 3.63) is 70.8 Å². The maximum atomic E-state index is 10.9. The van der Waals surface area contributed by atoms with Crippen LogP contribution in [0.3, 0.4) is 0 Å². The number of carboxylic acid groups (broad SMARTS) is 1. The minimum Gasteiger partial charge on any atom is -0.478 e. The van der Waals surface area contributed by atoms with E-state index in [0.717, 1.165) is 31.1 Å². The van der Waals surface area contributed by atoms with Crippen molar-refractivity contribution in [3.63, 3.8) is 0 Å². The molecule has 4 nitrogen and oxygen atoms in total. The van der Waals surface area contributed by atoms with Crippen molar-refractivity contribution in [1.82, 2.24) is 10.2 Å². The first-order valence-corrected chi connectivity index (χ1v) is 9.43. The van der Waals surface area contributed by atoms with Crippen molar-refractivity contribution >= 4 is 5.97 Å². The lowest BCUT2D eigenvalue weighted by Crippen LogP contribution is -2.33. The van der Waals surface area contributed by atoms with Crippen LogP contribution in [0.15, 0.2) is 48.5 Å². The van der Waals surface area contributed by atoms with E-state index in [2.05, 4.69) is 41.4 Å². The molecule has 0 saturated carbocycles. The summed E-state index contributed by atoms with van der Waals surface area (Å²) < 4.78 is 0. The number of piperidine rings is 1. The Balaban J connectivity index is 1.44. The number of hydrogen-bond acceptors (Lipinski definition) is 3. The molecule has 0 spiro atoms. The van der Waals surface area contributed by atoms with Gasteiger partial charge in [-0.3, -0.25) is 4.90 Å².